The van der Waals surface area contributed by atoms with Crippen molar-refractivity contribution in [1.29, 1.82) is 0 Å². The summed E-state index contributed by atoms with van der Waals surface area (Å²) in [6, 6.07) is 17.2. The molecule has 0 aliphatic heterocycles. The molecule has 4 rings (SSSR count). The molecule has 122 valence electrons. The third-order valence-corrected chi connectivity index (χ3v) is 28.5. The maximum atomic E-state index is 7.63. The Labute approximate surface area is 151 Å². The Bertz CT molecular complexity index is 898. The average molecular weight is 435 g/mol. The van der Waals surface area contributed by atoms with Gasteiger partial charge < -0.3 is 0 Å². The number of allylic oxidation sites excluding steroid dienone is 4. The zero-order chi connectivity index (χ0) is 17.0. The van der Waals surface area contributed by atoms with E-state index >= 15 is 0 Å². The Morgan fingerprint density at radius 2 is 1.25 bits per heavy atom. The second-order valence-electron chi connectivity index (χ2n) is 7.06. The summed E-state index contributed by atoms with van der Waals surface area (Å²) in [4.78, 5) is 0. The molecule has 0 aromatic heterocycles. The average Bonchev–Trinajstić information content (AvgIpc) is 3.22. The summed E-state index contributed by atoms with van der Waals surface area (Å²) >= 11 is -4.39. The van der Waals surface area contributed by atoms with Crippen LogP contribution in [0.15, 0.2) is 72.8 Å². The Hall–Kier alpha value is -0.747. The third kappa shape index (κ3) is 2.11. The van der Waals surface area contributed by atoms with Crippen LogP contribution in [0.2, 0.25) is 3.63 Å². The van der Waals surface area contributed by atoms with Gasteiger partial charge in [-0.15, -0.1) is 0 Å². The Kier molecular flexibility index (Phi) is 3.92. The molecule has 0 amide bonds. The topological polar surface area (TPSA) is 0 Å². The molecule has 0 bridgehead atoms. The summed E-state index contributed by atoms with van der Waals surface area (Å²) < 4.78 is 1.46. The van der Waals surface area contributed by atoms with Gasteiger partial charge in [-0.25, -0.2) is 0 Å². The summed E-state index contributed by atoms with van der Waals surface area (Å²) in [6.45, 7) is 4.27. The van der Waals surface area contributed by atoms with E-state index in [9.17, 15) is 0 Å². The number of hydrogen-bond donors (Lipinski definition) is 0. The summed E-state index contributed by atoms with van der Waals surface area (Å²) in [5, 5.41) is 0. The van der Waals surface area contributed by atoms with Crippen LogP contribution in [0, 0.1) is 0 Å². The SMILES string of the molecule is C[C](C)=[Zr]([Cl])([Cl])([CH]1C=CC=C1)[CH]1c2ccccc2-c2ccccc21. The van der Waals surface area contributed by atoms with Crippen molar-refractivity contribution in [2.75, 3.05) is 0 Å². The first-order valence-corrected chi connectivity index (χ1v) is 18.8. The van der Waals surface area contributed by atoms with Crippen molar-refractivity contribution in [3.8, 4) is 11.1 Å². The van der Waals surface area contributed by atoms with Crippen molar-refractivity contribution in [3.05, 3.63) is 84.0 Å². The molecule has 2 aromatic carbocycles. The van der Waals surface area contributed by atoms with Crippen molar-refractivity contribution < 1.29 is 15.9 Å². The molecule has 2 aromatic rings. The molecule has 0 heterocycles. The van der Waals surface area contributed by atoms with Gasteiger partial charge in [-0.1, -0.05) is 0 Å². The summed E-state index contributed by atoms with van der Waals surface area (Å²) in [5.74, 6) is 0. The molecule has 0 fully saturated rings. The van der Waals surface area contributed by atoms with Crippen LogP contribution in [0.4, 0.5) is 0 Å². The van der Waals surface area contributed by atoms with E-state index in [0.29, 0.717) is 0 Å². The second kappa shape index (κ2) is 5.63. The first-order chi connectivity index (χ1) is 11.4. The molecule has 0 nitrogen and oxygen atoms in total. The van der Waals surface area contributed by atoms with Gasteiger partial charge in [0.1, 0.15) is 0 Å². The first kappa shape index (κ1) is 16.7. The van der Waals surface area contributed by atoms with Crippen molar-refractivity contribution >= 4 is 20.2 Å². The van der Waals surface area contributed by atoms with Crippen LogP contribution in [-0.4, -0.2) is 3.21 Å². The Morgan fingerprint density at radius 1 is 0.792 bits per heavy atom. The van der Waals surface area contributed by atoms with Crippen molar-refractivity contribution in [2.45, 2.75) is 21.1 Å². The van der Waals surface area contributed by atoms with Crippen LogP contribution in [0.3, 0.4) is 0 Å². The molecule has 2 aliphatic carbocycles. The number of rotatable bonds is 2. The molecular formula is C21H20Cl2Zr. The van der Waals surface area contributed by atoms with Gasteiger partial charge in [0.05, 0.1) is 0 Å². The van der Waals surface area contributed by atoms with Crippen LogP contribution in [0.25, 0.3) is 11.1 Å². The minimum absolute atomic E-state index is 0.101. The molecule has 3 heteroatoms. The van der Waals surface area contributed by atoms with E-state index in [4.69, 9.17) is 17.0 Å². The van der Waals surface area contributed by atoms with E-state index in [1.54, 1.807) is 0 Å². The monoisotopic (exact) mass is 432 g/mol. The van der Waals surface area contributed by atoms with Gasteiger partial charge in [-0.05, 0) is 0 Å². The predicted octanol–water partition coefficient (Wildman–Crippen LogP) is 6.88. The van der Waals surface area contributed by atoms with E-state index in [-0.39, 0.29) is 7.25 Å². The molecule has 0 spiro atoms. The molecule has 0 radical (unpaired) electrons. The van der Waals surface area contributed by atoms with Crippen LogP contribution >= 0.6 is 17.0 Å². The van der Waals surface area contributed by atoms with Crippen LogP contribution in [-0.2, 0) is 15.9 Å². The zero-order valence-electron chi connectivity index (χ0n) is 13.8. The van der Waals surface area contributed by atoms with Crippen LogP contribution in [0.5, 0.6) is 0 Å². The first-order valence-electron chi connectivity index (χ1n) is 8.35. The molecule has 24 heavy (non-hydrogen) atoms. The minimum atomic E-state index is -4.39. The van der Waals surface area contributed by atoms with Gasteiger partial charge in [0.15, 0.2) is 0 Å². The van der Waals surface area contributed by atoms with Gasteiger partial charge in [0, 0.05) is 0 Å². The quantitative estimate of drug-likeness (QED) is 0.483. The molecular weight excluding hydrogens is 414 g/mol. The molecule has 0 atom stereocenters. The van der Waals surface area contributed by atoms with Crippen molar-refractivity contribution in [1.82, 2.24) is 0 Å². The standard InChI is InChI=1S/C13H9.C5H5.C3H6.2ClH.Zr/c1-3-7-12-10(5-1)9-11-6-2-4-8-13(11)12;1-2-4-5-3-1;1-3-2;;;/h1-9H;1-5H;1-2H3;2*1H;/q;;;;;+2/p-2. The van der Waals surface area contributed by atoms with Crippen molar-refractivity contribution in [3.63, 3.8) is 0 Å². The van der Waals surface area contributed by atoms with Gasteiger partial charge in [0.2, 0.25) is 0 Å². The van der Waals surface area contributed by atoms with Gasteiger partial charge >= 0.3 is 152 Å². The number of halogens is 2. The van der Waals surface area contributed by atoms with Gasteiger partial charge in [0.25, 0.3) is 0 Å². The fourth-order valence-electron chi connectivity index (χ4n) is 4.32. The van der Waals surface area contributed by atoms with Crippen LogP contribution in [0.1, 0.15) is 28.6 Å². The van der Waals surface area contributed by atoms with E-state index in [1.807, 2.05) is 0 Å². The summed E-state index contributed by atoms with van der Waals surface area (Å²) in [6.07, 6.45) is 8.56. The molecule has 2 aliphatic rings. The fourth-order valence-corrected chi connectivity index (χ4v) is 19.2. The van der Waals surface area contributed by atoms with Crippen molar-refractivity contribution in [2.24, 2.45) is 0 Å². The van der Waals surface area contributed by atoms with Crippen LogP contribution < -0.4 is 0 Å². The molecule has 0 saturated heterocycles. The molecule has 0 saturated carbocycles. The fraction of sp³-hybridized carbons (Fsp3) is 0.190. The number of hydrogen-bond acceptors (Lipinski definition) is 0. The van der Waals surface area contributed by atoms with E-state index in [1.165, 1.54) is 25.5 Å². The van der Waals surface area contributed by atoms with E-state index in [2.05, 4.69) is 86.7 Å². The number of fused-ring (bicyclic) bond motifs is 3. The molecule has 0 unspecified atom stereocenters. The Morgan fingerprint density at radius 3 is 1.71 bits per heavy atom. The molecule has 0 N–H and O–H groups in total. The van der Waals surface area contributed by atoms with E-state index in [0.717, 1.165) is 0 Å². The van der Waals surface area contributed by atoms with Gasteiger partial charge in [-0.3, -0.25) is 0 Å². The number of benzene rings is 2. The zero-order valence-corrected chi connectivity index (χ0v) is 17.8. The predicted molar refractivity (Wildman–Crippen MR) is 104 cm³/mol. The maximum absolute atomic E-state index is 7.63. The third-order valence-electron chi connectivity index (χ3n) is 5.68. The summed E-state index contributed by atoms with van der Waals surface area (Å²) in [7, 11) is 15.3. The van der Waals surface area contributed by atoms with E-state index < -0.39 is 15.9 Å². The summed E-state index contributed by atoms with van der Waals surface area (Å²) in [5.41, 5.74) is 5.16. The normalized spacial score (nSPS) is 17.2. The second-order valence-corrected chi connectivity index (χ2v) is 29.0. The van der Waals surface area contributed by atoms with Gasteiger partial charge in [-0.2, -0.15) is 0 Å². The Balaban J connectivity index is 2.11.